The smallest absolute Gasteiger partial charge is 0.307 e. The molecule has 0 bridgehead atoms. The number of allylic oxidation sites excluding steroid dienone is 3. The Kier molecular flexibility index (Phi) is 15.1. The summed E-state index contributed by atoms with van der Waals surface area (Å²) in [6.07, 6.45) is 18.0. The van der Waals surface area contributed by atoms with E-state index in [2.05, 4.69) is 6.08 Å². The van der Waals surface area contributed by atoms with Crippen molar-refractivity contribution < 1.29 is 24.2 Å². The van der Waals surface area contributed by atoms with Crippen LogP contribution in [-0.2, 0) is 9.53 Å². The lowest BCUT2D eigenvalue weighted by molar-refractivity contribution is -0.873. The minimum absolute atomic E-state index is 0.0174. The zero-order chi connectivity index (χ0) is 19.7. The van der Waals surface area contributed by atoms with Crippen molar-refractivity contribution in [2.24, 2.45) is 0 Å². The van der Waals surface area contributed by atoms with Gasteiger partial charge >= 0.3 is 5.97 Å². The lowest BCUT2D eigenvalue weighted by Gasteiger charge is -2.28. The summed E-state index contributed by atoms with van der Waals surface area (Å²) in [5.74, 6) is -0.833. The average molecular weight is 371 g/mol. The Morgan fingerprint density at radius 2 is 1.54 bits per heavy atom. The minimum atomic E-state index is -0.833. The van der Waals surface area contributed by atoms with Crippen molar-refractivity contribution in [2.45, 2.75) is 70.3 Å². The molecule has 0 aromatic rings. The summed E-state index contributed by atoms with van der Waals surface area (Å²) in [6, 6.07) is 0. The number of unbranched alkanes of at least 4 members (excludes halogenated alkanes) is 8. The van der Waals surface area contributed by atoms with Gasteiger partial charge in [0.1, 0.15) is 6.54 Å². The Bertz CT molecular complexity index is 399. The first-order valence-electron chi connectivity index (χ1n) is 9.95. The maximum absolute atomic E-state index is 10.9. The van der Waals surface area contributed by atoms with E-state index in [1.54, 1.807) is 6.26 Å². The van der Waals surface area contributed by atoms with E-state index in [1.165, 1.54) is 38.5 Å². The number of hydrogen-bond donors (Lipinski definition) is 2. The maximum Gasteiger partial charge on any atom is 0.307 e. The number of hydrogen-bond acceptors (Lipinski definition) is 3. The summed E-state index contributed by atoms with van der Waals surface area (Å²) in [5, 5.41) is 17.7. The molecule has 0 saturated carbocycles. The van der Waals surface area contributed by atoms with E-state index in [0.717, 1.165) is 19.3 Å². The fourth-order valence-corrected chi connectivity index (χ4v) is 2.77. The third-order valence-corrected chi connectivity index (χ3v) is 4.03. The number of carboxylic acids is 1. The van der Waals surface area contributed by atoms with E-state index in [-0.39, 0.29) is 12.5 Å². The van der Waals surface area contributed by atoms with Crippen LogP contribution < -0.4 is 0 Å². The highest BCUT2D eigenvalue weighted by molar-refractivity contribution is 5.67. The number of quaternary nitrogens is 1. The fraction of sp³-hybridized carbons (Fsp3) is 0.762. The standard InChI is InChI=1S/C21H39NO4/c1-22(2,3)19-20(18-21(24)25)26-17-15-13-11-9-7-5-4-6-8-10-12-14-16-23/h11,13,15,17,20,23H,4-10,12,14,16,18-19H2,1-3H3/p+1. The van der Waals surface area contributed by atoms with Crippen LogP contribution in [0.4, 0.5) is 0 Å². The van der Waals surface area contributed by atoms with Gasteiger partial charge in [-0.25, -0.2) is 0 Å². The highest BCUT2D eigenvalue weighted by Crippen LogP contribution is 2.10. The number of carboxylic acid groups (broad SMARTS) is 1. The lowest BCUT2D eigenvalue weighted by atomic mass is 10.1. The summed E-state index contributed by atoms with van der Waals surface area (Å²) in [7, 11) is 6.07. The van der Waals surface area contributed by atoms with Gasteiger partial charge in [0.2, 0.25) is 0 Å². The van der Waals surface area contributed by atoms with Gasteiger partial charge in [0.05, 0.1) is 33.8 Å². The monoisotopic (exact) mass is 370 g/mol. The molecule has 0 radical (unpaired) electrons. The molecule has 5 heteroatoms. The van der Waals surface area contributed by atoms with Crippen LogP contribution in [-0.4, -0.2) is 61.1 Å². The fourth-order valence-electron chi connectivity index (χ4n) is 2.77. The van der Waals surface area contributed by atoms with Crippen molar-refractivity contribution in [3.05, 3.63) is 24.5 Å². The van der Waals surface area contributed by atoms with Crippen molar-refractivity contribution in [3.8, 4) is 0 Å². The zero-order valence-electron chi connectivity index (χ0n) is 17.0. The molecule has 0 aromatic heterocycles. The molecular weight excluding hydrogens is 330 g/mol. The number of nitrogens with zero attached hydrogens (tertiary/aromatic N) is 1. The Balaban J connectivity index is 3.73. The number of likely N-dealkylation sites (N-methyl/N-ethyl adjacent to an activating group) is 1. The number of aliphatic hydroxyl groups is 1. The van der Waals surface area contributed by atoms with Crippen molar-refractivity contribution >= 4 is 5.97 Å². The molecule has 0 heterocycles. The molecule has 26 heavy (non-hydrogen) atoms. The van der Waals surface area contributed by atoms with E-state index < -0.39 is 5.97 Å². The summed E-state index contributed by atoms with van der Waals surface area (Å²) in [4.78, 5) is 10.9. The molecular formula is C21H40NO4+. The quantitative estimate of drug-likeness (QED) is 0.175. The first-order chi connectivity index (χ1) is 12.3. The van der Waals surface area contributed by atoms with Gasteiger partial charge in [0.15, 0.2) is 6.10 Å². The van der Waals surface area contributed by atoms with Crippen LogP contribution in [0.5, 0.6) is 0 Å². The third-order valence-electron chi connectivity index (χ3n) is 4.03. The molecule has 0 aliphatic rings. The topological polar surface area (TPSA) is 66.8 Å². The Morgan fingerprint density at radius 3 is 2.08 bits per heavy atom. The van der Waals surface area contributed by atoms with Crippen molar-refractivity contribution in [3.63, 3.8) is 0 Å². The molecule has 0 amide bonds. The molecule has 2 N–H and O–H groups in total. The highest BCUT2D eigenvalue weighted by Gasteiger charge is 2.21. The molecule has 0 saturated heterocycles. The van der Waals surface area contributed by atoms with E-state index in [0.29, 0.717) is 17.6 Å². The number of aliphatic hydroxyl groups excluding tert-OH is 1. The predicted molar refractivity (Wildman–Crippen MR) is 107 cm³/mol. The van der Waals surface area contributed by atoms with Gasteiger partial charge in [-0.3, -0.25) is 4.79 Å². The van der Waals surface area contributed by atoms with E-state index in [9.17, 15) is 4.79 Å². The molecule has 1 unspecified atom stereocenters. The van der Waals surface area contributed by atoms with Crippen LogP contribution in [0.2, 0.25) is 0 Å². The summed E-state index contributed by atoms with van der Waals surface area (Å²) < 4.78 is 6.25. The van der Waals surface area contributed by atoms with Gasteiger partial charge in [0.25, 0.3) is 0 Å². The molecule has 0 aromatic carbocycles. The van der Waals surface area contributed by atoms with Crippen LogP contribution >= 0.6 is 0 Å². The summed E-state index contributed by atoms with van der Waals surface area (Å²) in [6.45, 7) is 0.974. The minimum Gasteiger partial charge on any atom is -0.492 e. The van der Waals surface area contributed by atoms with E-state index >= 15 is 0 Å². The van der Waals surface area contributed by atoms with Gasteiger partial charge in [-0.2, -0.15) is 0 Å². The second-order valence-electron chi connectivity index (χ2n) is 7.93. The summed E-state index contributed by atoms with van der Waals surface area (Å²) >= 11 is 0. The molecule has 0 fully saturated rings. The molecule has 0 aliphatic carbocycles. The number of carbonyl (C=O) groups is 1. The van der Waals surface area contributed by atoms with Gasteiger partial charge in [-0.15, -0.1) is 0 Å². The second kappa shape index (κ2) is 15.9. The first-order valence-corrected chi connectivity index (χ1v) is 9.95. The molecule has 1 atom stereocenters. The van der Waals surface area contributed by atoms with Crippen LogP contribution in [0.15, 0.2) is 24.5 Å². The van der Waals surface area contributed by atoms with Gasteiger partial charge < -0.3 is 19.4 Å². The maximum atomic E-state index is 10.9. The van der Waals surface area contributed by atoms with Crippen LogP contribution in [0, 0.1) is 0 Å². The van der Waals surface area contributed by atoms with E-state index in [4.69, 9.17) is 14.9 Å². The van der Waals surface area contributed by atoms with Crippen molar-refractivity contribution in [2.75, 3.05) is 34.3 Å². The normalized spacial score (nSPS) is 13.5. The number of rotatable bonds is 17. The van der Waals surface area contributed by atoms with Crippen molar-refractivity contribution in [1.29, 1.82) is 0 Å². The predicted octanol–water partition coefficient (Wildman–Crippen LogP) is 4.13. The van der Waals surface area contributed by atoms with E-state index in [1.807, 2.05) is 33.3 Å². The van der Waals surface area contributed by atoms with Crippen LogP contribution in [0.1, 0.15) is 64.2 Å². The Hall–Kier alpha value is -1.33. The molecule has 0 rings (SSSR count). The van der Waals surface area contributed by atoms with Gasteiger partial charge in [-0.1, -0.05) is 50.7 Å². The number of ether oxygens (including phenoxy) is 1. The van der Waals surface area contributed by atoms with Crippen LogP contribution in [0.3, 0.4) is 0 Å². The van der Waals surface area contributed by atoms with Gasteiger partial charge in [-0.05, 0) is 25.3 Å². The first kappa shape index (κ1) is 24.7. The third kappa shape index (κ3) is 19.0. The Morgan fingerprint density at radius 1 is 0.962 bits per heavy atom. The zero-order valence-corrected chi connectivity index (χ0v) is 17.0. The molecule has 152 valence electrons. The number of aliphatic carboxylic acids is 1. The highest BCUT2D eigenvalue weighted by atomic mass is 16.5. The largest absolute Gasteiger partial charge is 0.492 e. The van der Waals surface area contributed by atoms with Crippen molar-refractivity contribution in [1.82, 2.24) is 0 Å². The second-order valence-corrected chi connectivity index (χ2v) is 7.93. The summed E-state index contributed by atoms with van der Waals surface area (Å²) in [5.41, 5.74) is 0. The Labute approximate surface area is 159 Å². The molecule has 0 spiro atoms. The molecule has 0 aliphatic heterocycles. The molecule has 5 nitrogen and oxygen atoms in total. The van der Waals surface area contributed by atoms with Gasteiger partial charge in [0, 0.05) is 6.61 Å². The SMILES string of the molecule is C[N+](C)(C)CC(CC(=O)O)OC=CC=CCCCCCCCCCCO. The average Bonchev–Trinajstić information content (AvgIpc) is 2.53. The lowest BCUT2D eigenvalue weighted by Crippen LogP contribution is -2.42. The van der Waals surface area contributed by atoms with Crippen LogP contribution in [0.25, 0.3) is 0 Å².